The van der Waals surface area contributed by atoms with Gasteiger partial charge in [-0.1, -0.05) is 19.8 Å². The summed E-state index contributed by atoms with van der Waals surface area (Å²) >= 11 is 0. The third-order valence-corrected chi connectivity index (χ3v) is 2.37. The van der Waals surface area contributed by atoms with E-state index in [2.05, 4.69) is 35.4 Å². The van der Waals surface area contributed by atoms with Crippen molar-refractivity contribution in [2.75, 3.05) is 7.05 Å². The Balaban J connectivity index is 0.00000289. The molecule has 4 nitrogen and oxygen atoms in total. The van der Waals surface area contributed by atoms with Gasteiger partial charge in [-0.3, -0.25) is 4.99 Å². The molecule has 1 unspecified atom stereocenters. The number of halogens is 1. The maximum atomic E-state index is 5.45. The van der Waals surface area contributed by atoms with Gasteiger partial charge >= 0.3 is 0 Å². The molecule has 1 aromatic rings. The number of aliphatic imine (C=N–C) groups is 1. The summed E-state index contributed by atoms with van der Waals surface area (Å²) < 4.78 is 5.22. The minimum Gasteiger partial charge on any atom is -0.467 e. The van der Waals surface area contributed by atoms with Crippen LogP contribution in [-0.2, 0) is 6.54 Å². The Labute approximate surface area is 126 Å². The lowest BCUT2D eigenvalue weighted by molar-refractivity contribution is 0.496. The van der Waals surface area contributed by atoms with E-state index in [4.69, 9.17) is 10.8 Å². The second kappa shape index (κ2) is 8.86. The molecule has 1 aromatic heterocycles. The van der Waals surface area contributed by atoms with Gasteiger partial charge in [-0.25, -0.2) is 0 Å². The second-order valence-corrected chi connectivity index (χ2v) is 4.04. The Morgan fingerprint density at radius 1 is 1.56 bits per heavy atom. The molecule has 5 heteroatoms. The van der Waals surface area contributed by atoms with Gasteiger partial charge in [-0.2, -0.15) is 0 Å². The summed E-state index contributed by atoms with van der Waals surface area (Å²) in [6.45, 7) is 4.72. The van der Waals surface area contributed by atoms with Crippen molar-refractivity contribution in [3.8, 4) is 12.3 Å². The Morgan fingerprint density at radius 3 is 2.72 bits per heavy atom. The van der Waals surface area contributed by atoms with Gasteiger partial charge in [0.25, 0.3) is 0 Å². The molecular weight excluding hydrogens is 341 g/mol. The number of nitrogens with zero attached hydrogens (tertiary/aromatic N) is 1. The third kappa shape index (κ3) is 5.45. The minimum atomic E-state index is -0.0298. The van der Waals surface area contributed by atoms with Gasteiger partial charge < -0.3 is 15.1 Å². The van der Waals surface area contributed by atoms with E-state index >= 15 is 0 Å². The van der Waals surface area contributed by atoms with Crippen molar-refractivity contribution in [3.05, 3.63) is 24.2 Å². The molecule has 2 N–H and O–H groups in total. The van der Waals surface area contributed by atoms with Crippen molar-refractivity contribution in [1.29, 1.82) is 0 Å². The number of rotatable bonds is 4. The lowest BCUT2D eigenvalue weighted by Crippen LogP contribution is -2.44. The molecule has 0 bridgehead atoms. The largest absolute Gasteiger partial charge is 0.467 e. The van der Waals surface area contributed by atoms with E-state index in [1.54, 1.807) is 13.3 Å². The summed E-state index contributed by atoms with van der Waals surface area (Å²) in [6, 6.07) is 3.73. The van der Waals surface area contributed by atoms with E-state index < -0.39 is 0 Å². The Kier molecular flexibility index (Phi) is 8.29. The summed E-state index contributed by atoms with van der Waals surface area (Å²) in [6.07, 6.45) is 7.10. The van der Waals surface area contributed by atoms with Crippen molar-refractivity contribution in [2.45, 2.75) is 26.4 Å². The van der Waals surface area contributed by atoms with Crippen LogP contribution >= 0.6 is 24.0 Å². The molecule has 0 aliphatic carbocycles. The van der Waals surface area contributed by atoms with Crippen LogP contribution in [0, 0.1) is 18.3 Å². The maximum absolute atomic E-state index is 5.45. The number of nitrogens with one attached hydrogen (secondary N) is 2. The average molecular weight is 361 g/mol. The fourth-order valence-corrected chi connectivity index (χ4v) is 1.33. The second-order valence-electron chi connectivity index (χ2n) is 4.04. The minimum absolute atomic E-state index is 0. The molecule has 0 aliphatic rings. The normalized spacial score (nSPS) is 12.5. The van der Waals surface area contributed by atoms with Crippen molar-refractivity contribution in [3.63, 3.8) is 0 Å². The molecule has 1 rings (SSSR count). The van der Waals surface area contributed by atoms with Crippen LogP contribution < -0.4 is 10.6 Å². The summed E-state index contributed by atoms with van der Waals surface area (Å²) in [5.41, 5.74) is 0. The number of terminal acetylenes is 1. The van der Waals surface area contributed by atoms with E-state index in [0.29, 0.717) is 18.4 Å². The van der Waals surface area contributed by atoms with Gasteiger partial charge in [-0.05, 0) is 18.1 Å². The number of guanidine groups is 1. The lowest BCUT2D eigenvalue weighted by Gasteiger charge is -2.19. The zero-order chi connectivity index (χ0) is 12.7. The molecule has 18 heavy (non-hydrogen) atoms. The fraction of sp³-hybridized carbons (Fsp3) is 0.462. The molecule has 1 atom stereocenters. The first-order valence-corrected chi connectivity index (χ1v) is 5.63. The van der Waals surface area contributed by atoms with Crippen LogP contribution in [0.2, 0.25) is 0 Å². The zero-order valence-electron chi connectivity index (χ0n) is 10.9. The molecule has 100 valence electrons. The SMILES string of the molecule is C#CC(NC(=NC)NCc1ccco1)C(C)C.I. The molecule has 0 fully saturated rings. The standard InChI is InChI=1S/C13H19N3O.HI/c1-5-12(10(2)3)16-13(14-4)15-9-11-7-6-8-17-11;/h1,6-8,10,12H,9H2,2-4H3,(H2,14,15,16);1H. The van der Waals surface area contributed by atoms with E-state index in [0.717, 1.165) is 5.76 Å². The smallest absolute Gasteiger partial charge is 0.192 e. The summed E-state index contributed by atoms with van der Waals surface area (Å²) in [5, 5.41) is 6.32. The third-order valence-electron chi connectivity index (χ3n) is 2.37. The average Bonchev–Trinajstić information content (AvgIpc) is 2.82. The molecule has 0 spiro atoms. The van der Waals surface area contributed by atoms with Crippen LogP contribution in [-0.4, -0.2) is 19.0 Å². The van der Waals surface area contributed by atoms with Crippen molar-refractivity contribution in [1.82, 2.24) is 10.6 Å². The van der Waals surface area contributed by atoms with Gasteiger partial charge in [0, 0.05) is 7.05 Å². The monoisotopic (exact) mass is 361 g/mol. The molecule has 0 aliphatic heterocycles. The van der Waals surface area contributed by atoms with Crippen LogP contribution in [0.15, 0.2) is 27.8 Å². The summed E-state index contributed by atoms with van der Waals surface area (Å²) in [5.74, 6) is 4.59. The molecular formula is C13H20IN3O. The van der Waals surface area contributed by atoms with Gasteiger partial charge in [0.2, 0.25) is 0 Å². The van der Waals surface area contributed by atoms with E-state index in [1.807, 2.05) is 12.1 Å². The van der Waals surface area contributed by atoms with Crippen LogP contribution in [0.3, 0.4) is 0 Å². The molecule has 0 aromatic carbocycles. The predicted octanol–water partition coefficient (Wildman–Crippen LogP) is 2.22. The van der Waals surface area contributed by atoms with Gasteiger partial charge in [-0.15, -0.1) is 30.4 Å². The van der Waals surface area contributed by atoms with Crippen LogP contribution in [0.25, 0.3) is 0 Å². The Hall–Kier alpha value is -1.16. The molecule has 0 saturated carbocycles. The number of furan rings is 1. The highest BCUT2D eigenvalue weighted by atomic mass is 127. The highest BCUT2D eigenvalue weighted by molar-refractivity contribution is 14.0. The quantitative estimate of drug-likeness (QED) is 0.374. The van der Waals surface area contributed by atoms with Crippen molar-refractivity contribution >= 4 is 29.9 Å². The topological polar surface area (TPSA) is 49.6 Å². The molecule has 0 saturated heterocycles. The number of hydrogen-bond donors (Lipinski definition) is 2. The highest BCUT2D eigenvalue weighted by Gasteiger charge is 2.11. The van der Waals surface area contributed by atoms with E-state index in [1.165, 1.54) is 0 Å². The first-order valence-electron chi connectivity index (χ1n) is 5.63. The van der Waals surface area contributed by atoms with Gasteiger partial charge in [0.15, 0.2) is 5.96 Å². The predicted molar refractivity (Wildman–Crippen MR) is 84.9 cm³/mol. The highest BCUT2D eigenvalue weighted by Crippen LogP contribution is 2.01. The van der Waals surface area contributed by atoms with E-state index in [9.17, 15) is 0 Å². The number of hydrogen-bond acceptors (Lipinski definition) is 2. The van der Waals surface area contributed by atoms with Crippen LogP contribution in [0.5, 0.6) is 0 Å². The molecule has 1 heterocycles. The maximum Gasteiger partial charge on any atom is 0.192 e. The fourth-order valence-electron chi connectivity index (χ4n) is 1.33. The van der Waals surface area contributed by atoms with Crippen molar-refractivity contribution in [2.24, 2.45) is 10.9 Å². The van der Waals surface area contributed by atoms with Crippen LogP contribution in [0.1, 0.15) is 19.6 Å². The Bertz CT molecular complexity index is 393. The van der Waals surface area contributed by atoms with Crippen molar-refractivity contribution < 1.29 is 4.42 Å². The van der Waals surface area contributed by atoms with Gasteiger partial charge in [0.1, 0.15) is 5.76 Å². The Morgan fingerprint density at radius 2 is 2.28 bits per heavy atom. The summed E-state index contributed by atoms with van der Waals surface area (Å²) in [4.78, 5) is 4.11. The molecule has 0 radical (unpaired) electrons. The van der Waals surface area contributed by atoms with E-state index in [-0.39, 0.29) is 30.0 Å². The van der Waals surface area contributed by atoms with Gasteiger partial charge in [0.05, 0.1) is 18.8 Å². The first-order chi connectivity index (χ1) is 8.17. The zero-order valence-corrected chi connectivity index (χ0v) is 13.3. The first kappa shape index (κ1) is 16.8. The summed E-state index contributed by atoms with van der Waals surface area (Å²) in [7, 11) is 1.71. The molecule has 0 amide bonds. The lowest BCUT2D eigenvalue weighted by atomic mass is 10.1. The van der Waals surface area contributed by atoms with Crippen LogP contribution in [0.4, 0.5) is 0 Å².